The van der Waals surface area contributed by atoms with Crippen LogP contribution in [0.25, 0.3) is 0 Å². The van der Waals surface area contributed by atoms with Crippen LogP contribution in [0.3, 0.4) is 0 Å². The molecule has 2 rings (SSSR count). The van der Waals surface area contributed by atoms with Crippen molar-refractivity contribution in [3.8, 4) is 5.75 Å². The molecular formula is C19H23N3O3. The number of aryl methyl sites for hydroxylation is 1. The van der Waals surface area contributed by atoms with Crippen molar-refractivity contribution in [1.82, 2.24) is 5.32 Å². The number of amides is 2. The number of carbonyl (C=O) groups is 2. The molecule has 25 heavy (non-hydrogen) atoms. The molecule has 1 atom stereocenters. The molecule has 132 valence electrons. The molecule has 1 unspecified atom stereocenters. The molecule has 0 saturated heterocycles. The van der Waals surface area contributed by atoms with Gasteiger partial charge >= 0.3 is 0 Å². The van der Waals surface area contributed by atoms with E-state index in [9.17, 15) is 9.59 Å². The summed E-state index contributed by atoms with van der Waals surface area (Å²) in [5.41, 5.74) is 8.50. The third-order valence-electron chi connectivity index (χ3n) is 3.54. The third-order valence-corrected chi connectivity index (χ3v) is 3.54. The molecule has 6 nitrogen and oxygen atoms in total. The van der Waals surface area contributed by atoms with Crippen molar-refractivity contribution in [2.45, 2.75) is 19.9 Å². The SMILES string of the molecule is CC(=O)Nc1cccc(OCCNC(=O)C(N)c2ccc(C)cc2)c1. The average molecular weight is 341 g/mol. The van der Waals surface area contributed by atoms with Crippen molar-refractivity contribution in [3.05, 3.63) is 59.7 Å². The summed E-state index contributed by atoms with van der Waals surface area (Å²) >= 11 is 0. The van der Waals surface area contributed by atoms with Crippen LogP contribution in [-0.4, -0.2) is 25.0 Å². The molecule has 2 aromatic carbocycles. The Labute approximate surface area is 147 Å². The van der Waals surface area contributed by atoms with Gasteiger partial charge in [0.25, 0.3) is 0 Å². The quantitative estimate of drug-likeness (QED) is 0.673. The first kappa shape index (κ1) is 18.5. The molecular weight excluding hydrogens is 318 g/mol. The molecule has 0 aliphatic carbocycles. The second kappa shape index (κ2) is 8.84. The highest BCUT2D eigenvalue weighted by Gasteiger charge is 2.14. The topological polar surface area (TPSA) is 93.5 Å². The van der Waals surface area contributed by atoms with E-state index in [0.717, 1.165) is 11.1 Å². The van der Waals surface area contributed by atoms with Crippen molar-refractivity contribution in [3.63, 3.8) is 0 Å². The lowest BCUT2D eigenvalue weighted by Gasteiger charge is -2.13. The minimum absolute atomic E-state index is 0.144. The van der Waals surface area contributed by atoms with Gasteiger partial charge in [-0.1, -0.05) is 35.9 Å². The molecule has 0 bridgehead atoms. The second-order valence-corrected chi connectivity index (χ2v) is 5.74. The number of carbonyl (C=O) groups excluding carboxylic acids is 2. The van der Waals surface area contributed by atoms with E-state index in [-0.39, 0.29) is 11.8 Å². The van der Waals surface area contributed by atoms with Crippen LogP contribution < -0.4 is 21.1 Å². The summed E-state index contributed by atoms with van der Waals surface area (Å²) in [5.74, 6) is 0.220. The normalized spacial score (nSPS) is 11.5. The predicted octanol–water partition coefficient (Wildman–Crippen LogP) is 2.15. The summed E-state index contributed by atoms with van der Waals surface area (Å²) in [6.07, 6.45) is 0. The van der Waals surface area contributed by atoms with Crippen LogP contribution in [0.1, 0.15) is 24.1 Å². The Bertz CT molecular complexity index is 729. The zero-order valence-electron chi connectivity index (χ0n) is 14.4. The second-order valence-electron chi connectivity index (χ2n) is 5.74. The fourth-order valence-corrected chi connectivity index (χ4v) is 2.25. The average Bonchev–Trinajstić information content (AvgIpc) is 2.58. The highest BCUT2D eigenvalue weighted by molar-refractivity contribution is 5.88. The van der Waals surface area contributed by atoms with Crippen LogP contribution >= 0.6 is 0 Å². The Morgan fingerprint density at radius 1 is 1.16 bits per heavy atom. The zero-order chi connectivity index (χ0) is 18.2. The summed E-state index contributed by atoms with van der Waals surface area (Å²) < 4.78 is 5.57. The van der Waals surface area contributed by atoms with Gasteiger partial charge in [0.15, 0.2) is 0 Å². The maximum atomic E-state index is 12.1. The summed E-state index contributed by atoms with van der Waals surface area (Å²) in [6, 6.07) is 13.9. The van der Waals surface area contributed by atoms with Crippen LogP contribution in [0.15, 0.2) is 48.5 Å². The van der Waals surface area contributed by atoms with Gasteiger partial charge in [0.05, 0.1) is 6.54 Å². The smallest absolute Gasteiger partial charge is 0.241 e. The monoisotopic (exact) mass is 341 g/mol. The maximum Gasteiger partial charge on any atom is 0.241 e. The Hall–Kier alpha value is -2.86. The van der Waals surface area contributed by atoms with Gasteiger partial charge in [-0.3, -0.25) is 9.59 Å². The molecule has 0 heterocycles. The van der Waals surface area contributed by atoms with Gasteiger partial charge in [-0.2, -0.15) is 0 Å². The molecule has 0 aromatic heterocycles. The lowest BCUT2D eigenvalue weighted by molar-refractivity contribution is -0.122. The number of anilines is 1. The Kier molecular flexibility index (Phi) is 6.54. The molecule has 2 amide bonds. The first-order chi connectivity index (χ1) is 12.0. The van der Waals surface area contributed by atoms with E-state index in [1.807, 2.05) is 31.2 Å². The van der Waals surface area contributed by atoms with Crippen molar-refractivity contribution in [1.29, 1.82) is 0 Å². The van der Waals surface area contributed by atoms with Gasteiger partial charge in [-0.05, 0) is 24.6 Å². The summed E-state index contributed by atoms with van der Waals surface area (Å²) in [6.45, 7) is 4.06. The number of hydrogen-bond donors (Lipinski definition) is 3. The van der Waals surface area contributed by atoms with E-state index in [1.165, 1.54) is 6.92 Å². The fourth-order valence-electron chi connectivity index (χ4n) is 2.25. The Morgan fingerprint density at radius 2 is 1.88 bits per heavy atom. The molecule has 0 radical (unpaired) electrons. The van der Waals surface area contributed by atoms with Crippen LogP contribution in [0, 0.1) is 6.92 Å². The Morgan fingerprint density at radius 3 is 2.56 bits per heavy atom. The minimum atomic E-state index is -0.705. The molecule has 0 aliphatic rings. The van der Waals surface area contributed by atoms with E-state index < -0.39 is 6.04 Å². The fraction of sp³-hybridized carbons (Fsp3) is 0.263. The summed E-state index contributed by atoms with van der Waals surface area (Å²) in [7, 11) is 0. The molecule has 4 N–H and O–H groups in total. The van der Waals surface area contributed by atoms with Crippen LogP contribution in [0.4, 0.5) is 5.69 Å². The number of nitrogens with two attached hydrogens (primary N) is 1. The summed E-state index contributed by atoms with van der Waals surface area (Å²) in [5, 5.41) is 5.44. The van der Waals surface area contributed by atoms with Gasteiger partial charge in [0.2, 0.25) is 11.8 Å². The van der Waals surface area contributed by atoms with Crippen molar-refractivity contribution in [2.75, 3.05) is 18.5 Å². The van der Waals surface area contributed by atoms with Crippen LogP contribution in [-0.2, 0) is 9.59 Å². The van der Waals surface area contributed by atoms with Crippen molar-refractivity contribution < 1.29 is 14.3 Å². The van der Waals surface area contributed by atoms with E-state index in [0.29, 0.717) is 24.6 Å². The molecule has 6 heteroatoms. The van der Waals surface area contributed by atoms with Gasteiger partial charge in [0, 0.05) is 18.7 Å². The van der Waals surface area contributed by atoms with Crippen LogP contribution in [0.5, 0.6) is 5.75 Å². The van der Waals surface area contributed by atoms with Gasteiger partial charge in [0.1, 0.15) is 18.4 Å². The van der Waals surface area contributed by atoms with E-state index in [1.54, 1.807) is 24.3 Å². The largest absolute Gasteiger partial charge is 0.492 e. The lowest BCUT2D eigenvalue weighted by atomic mass is 10.1. The van der Waals surface area contributed by atoms with Gasteiger partial charge in [-0.25, -0.2) is 0 Å². The van der Waals surface area contributed by atoms with E-state index in [2.05, 4.69) is 10.6 Å². The number of nitrogens with one attached hydrogen (secondary N) is 2. The summed E-state index contributed by atoms with van der Waals surface area (Å²) in [4.78, 5) is 23.1. The third kappa shape index (κ3) is 5.93. The van der Waals surface area contributed by atoms with Crippen molar-refractivity contribution in [2.24, 2.45) is 5.73 Å². The molecule has 0 spiro atoms. The highest BCUT2D eigenvalue weighted by Crippen LogP contribution is 2.17. The van der Waals surface area contributed by atoms with Gasteiger partial charge in [-0.15, -0.1) is 0 Å². The van der Waals surface area contributed by atoms with Crippen molar-refractivity contribution >= 4 is 17.5 Å². The number of rotatable bonds is 7. The maximum absolute atomic E-state index is 12.1. The molecule has 0 aliphatic heterocycles. The Balaban J connectivity index is 1.77. The van der Waals surface area contributed by atoms with E-state index >= 15 is 0 Å². The number of benzene rings is 2. The van der Waals surface area contributed by atoms with Crippen LogP contribution in [0.2, 0.25) is 0 Å². The first-order valence-corrected chi connectivity index (χ1v) is 8.06. The first-order valence-electron chi connectivity index (χ1n) is 8.06. The highest BCUT2D eigenvalue weighted by atomic mass is 16.5. The molecule has 2 aromatic rings. The molecule has 0 fully saturated rings. The van der Waals surface area contributed by atoms with Gasteiger partial charge < -0.3 is 21.1 Å². The minimum Gasteiger partial charge on any atom is -0.492 e. The lowest BCUT2D eigenvalue weighted by Crippen LogP contribution is -2.36. The van der Waals surface area contributed by atoms with E-state index in [4.69, 9.17) is 10.5 Å². The predicted molar refractivity (Wildman–Crippen MR) is 97.4 cm³/mol. The zero-order valence-corrected chi connectivity index (χ0v) is 14.4. The molecule has 0 saturated carbocycles. The standard InChI is InChI=1S/C19H23N3O3/c1-13-6-8-15(9-7-13)18(20)19(24)21-10-11-25-17-5-3-4-16(12-17)22-14(2)23/h3-9,12,18H,10-11,20H2,1-2H3,(H,21,24)(H,22,23). The number of hydrogen-bond acceptors (Lipinski definition) is 4. The number of ether oxygens (including phenoxy) is 1.